The number of hydrogen-bond donors (Lipinski definition) is 1. The standard InChI is InChI=1S/C28H31N5OS/c1-28(22-8-4-3-5-9-22,18-26-31-23-10-6-7-11-24(23)35-26)27(34)30-20-21-12-13-25(29-19-21)33-16-14-32(2)15-17-33/h3-13,19H,14-18,20H2,1-2H3,(H,30,34). The molecule has 1 unspecified atom stereocenters. The number of amides is 1. The predicted octanol–water partition coefficient (Wildman–Crippen LogP) is 4.26. The van der Waals surface area contributed by atoms with E-state index in [9.17, 15) is 4.79 Å². The van der Waals surface area contributed by atoms with Crippen molar-refractivity contribution >= 4 is 33.3 Å². The number of likely N-dealkylation sites (N-methyl/N-ethyl adjacent to an activating group) is 1. The van der Waals surface area contributed by atoms with Crippen LogP contribution in [0.2, 0.25) is 0 Å². The summed E-state index contributed by atoms with van der Waals surface area (Å²) >= 11 is 1.66. The van der Waals surface area contributed by atoms with Crippen molar-refractivity contribution < 1.29 is 4.79 Å². The second-order valence-electron chi connectivity index (χ2n) is 9.45. The van der Waals surface area contributed by atoms with Crippen molar-refractivity contribution in [1.82, 2.24) is 20.2 Å². The summed E-state index contributed by atoms with van der Waals surface area (Å²) in [6, 6.07) is 22.3. The van der Waals surface area contributed by atoms with E-state index in [0.717, 1.165) is 58.3 Å². The largest absolute Gasteiger partial charge is 0.354 e. The predicted molar refractivity (Wildman–Crippen MR) is 143 cm³/mol. The van der Waals surface area contributed by atoms with Crippen molar-refractivity contribution in [2.75, 3.05) is 38.1 Å². The highest BCUT2D eigenvalue weighted by Gasteiger charge is 2.36. The lowest BCUT2D eigenvalue weighted by Crippen LogP contribution is -2.44. The topological polar surface area (TPSA) is 61.4 Å². The molecular formula is C28H31N5OS. The zero-order valence-corrected chi connectivity index (χ0v) is 21.1. The first kappa shape index (κ1) is 23.5. The molecule has 0 radical (unpaired) electrons. The zero-order valence-electron chi connectivity index (χ0n) is 20.3. The lowest BCUT2D eigenvalue weighted by atomic mass is 9.78. The number of hydrogen-bond acceptors (Lipinski definition) is 6. The number of rotatable bonds is 7. The molecular weight excluding hydrogens is 454 g/mol. The number of carbonyl (C=O) groups excluding carboxylic acids is 1. The molecule has 0 bridgehead atoms. The molecule has 1 N–H and O–H groups in total. The van der Waals surface area contributed by atoms with Crippen LogP contribution in [0.5, 0.6) is 0 Å². The van der Waals surface area contributed by atoms with Crippen LogP contribution in [0.3, 0.4) is 0 Å². The Morgan fingerprint density at radius 1 is 1.00 bits per heavy atom. The molecule has 6 nitrogen and oxygen atoms in total. The van der Waals surface area contributed by atoms with Crippen LogP contribution < -0.4 is 10.2 Å². The summed E-state index contributed by atoms with van der Waals surface area (Å²) in [4.78, 5) is 27.7. The molecule has 1 atom stereocenters. The molecule has 1 amide bonds. The minimum absolute atomic E-state index is 0.00824. The Hall–Kier alpha value is -3.29. The maximum absolute atomic E-state index is 13.6. The number of anilines is 1. The summed E-state index contributed by atoms with van der Waals surface area (Å²) in [5.41, 5.74) is 2.23. The van der Waals surface area contributed by atoms with E-state index in [0.29, 0.717) is 13.0 Å². The monoisotopic (exact) mass is 485 g/mol. The highest BCUT2D eigenvalue weighted by Crippen LogP contribution is 2.32. The van der Waals surface area contributed by atoms with Gasteiger partial charge in [-0.2, -0.15) is 0 Å². The number of thiazole rings is 1. The number of carbonyl (C=O) groups is 1. The highest BCUT2D eigenvalue weighted by molar-refractivity contribution is 7.18. The van der Waals surface area contributed by atoms with Gasteiger partial charge in [-0.05, 0) is 43.3 Å². The number of benzene rings is 2. The first-order chi connectivity index (χ1) is 17.0. The van der Waals surface area contributed by atoms with Crippen LogP contribution >= 0.6 is 11.3 Å². The molecule has 7 heteroatoms. The first-order valence-corrected chi connectivity index (χ1v) is 12.9. The van der Waals surface area contributed by atoms with Crippen LogP contribution in [0.1, 0.15) is 23.1 Å². The Balaban J connectivity index is 1.30. The molecule has 5 rings (SSSR count). The SMILES string of the molecule is CN1CCN(c2ccc(CNC(=O)C(C)(Cc3nc4ccccc4s3)c3ccccc3)cn2)CC1. The van der Waals surface area contributed by atoms with Crippen LogP contribution in [0, 0.1) is 0 Å². The number of fused-ring (bicyclic) bond motifs is 1. The molecule has 2 aromatic heterocycles. The summed E-state index contributed by atoms with van der Waals surface area (Å²) in [6.45, 7) is 6.52. The van der Waals surface area contributed by atoms with Crippen LogP contribution in [0.4, 0.5) is 5.82 Å². The fourth-order valence-corrected chi connectivity index (χ4v) is 5.66. The van der Waals surface area contributed by atoms with Gasteiger partial charge in [-0.3, -0.25) is 4.79 Å². The van der Waals surface area contributed by atoms with Gasteiger partial charge >= 0.3 is 0 Å². The second-order valence-corrected chi connectivity index (χ2v) is 10.6. The molecule has 1 fully saturated rings. The quantitative estimate of drug-likeness (QED) is 0.424. The minimum Gasteiger partial charge on any atom is -0.354 e. The Bertz CT molecular complexity index is 1250. The summed E-state index contributed by atoms with van der Waals surface area (Å²) in [5.74, 6) is 0.990. The van der Waals surface area contributed by atoms with E-state index in [1.54, 1.807) is 11.3 Å². The molecule has 1 aliphatic rings. The highest BCUT2D eigenvalue weighted by atomic mass is 32.1. The molecule has 180 valence electrons. The van der Waals surface area contributed by atoms with E-state index in [1.807, 2.05) is 61.7 Å². The van der Waals surface area contributed by atoms with Crippen molar-refractivity contribution in [2.45, 2.75) is 25.3 Å². The van der Waals surface area contributed by atoms with Gasteiger partial charge in [0.05, 0.1) is 20.6 Å². The lowest BCUT2D eigenvalue weighted by molar-refractivity contribution is -0.126. The van der Waals surface area contributed by atoms with E-state index in [2.05, 4.69) is 45.3 Å². The second kappa shape index (κ2) is 10.1. The molecule has 1 saturated heterocycles. The molecule has 2 aromatic carbocycles. The summed E-state index contributed by atoms with van der Waals surface area (Å²) in [5, 5.41) is 4.14. The lowest BCUT2D eigenvalue weighted by Gasteiger charge is -2.33. The fraction of sp³-hybridized carbons (Fsp3) is 0.321. The first-order valence-electron chi connectivity index (χ1n) is 12.1. The molecule has 35 heavy (non-hydrogen) atoms. The van der Waals surface area contributed by atoms with E-state index >= 15 is 0 Å². The minimum atomic E-state index is -0.734. The molecule has 0 saturated carbocycles. The van der Waals surface area contributed by atoms with Gasteiger partial charge in [0, 0.05) is 45.3 Å². The number of pyridine rings is 1. The Morgan fingerprint density at radius 3 is 2.46 bits per heavy atom. The number of para-hydroxylation sites is 1. The van der Waals surface area contributed by atoms with Gasteiger partial charge in [0.25, 0.3) is 0 Å². The third-order valence-electron chi connectivity index (χ3n) is 6.84. The maximum atomic E-state index is 13.6. The molecule has 4 aromatic rings. The van der Waals surface area contributed by atoms with Crippen molar-refractivity contribution in [2.24, 2.45) is 0 Å². The van der Waals surface area contributed by atoms with Gasteiger partial charge in [-0.15, -0.1) is 11.3 Å². The van der Waals surface area contributed by atoms with Gasteiger partial charge in [0.2, 0.25) is 5.91 Å². The normalized spacial score (nSPS) is 16.2. The van der Waals surface area contributed by atoms with Gasteiger partial charge in [0.15, 0.2) is 0 Å². The molecule has 0 aliphatic carbocycles. The van der Waals surface area contributed by atoms with E-state index in [1.165, 1.54) is 0 Å². The van der Waals surface area contributed by atoms with E-state index in [-0.39, 0.29) is 5.91 Å². The van der Waals surface area contributed by atoms with Crippen LogP contribution in [0.15, 0.2) is 72.9 Å². The molecule has 3 heterocycles. The molecule has 0 spiro atoms. The van der Waals surface area contributed by atoms with Crippen LogP contribution in [0.25, 0.3) is 10.2 Å². The number of piperazine rings is 1. The number of nitrogens with one attached hydrogen (secondary N) is 1. The average molecular weight is 486 g/mol. The van der Waals surface area contributed by atoms with E-state index < -0.39 is 5.41 Å². The molecule has 1 aliphatic heterocycles. The summed E-state index contributed by atoms with van der Waals surface area (Å²) in [7, 11) is 2.15. The van der Waals surface area contributed by atoms with Gasteiger partial charge < -0.3 is 15.1 Å². The van der Waals surface area contributed by atoms with Crippen molar-refractivity contribution in [3.63, 3.8) is 0 Å². The Kier molecular flexibility index (Phi) is 6.79. The number of aromatic nitrogens is 2. The van der Waals surface area contributed by atoms with Gasteiger partial charge in [-0.1, -0.05) is 48.5 Å². The van der Waals surface area contributed by atoms with Gasteiger partial charge in [-0.25, -0.2) is 9.97 Å². The maximum Gasteiger partial charge on any atom is 0.231 e. The Labute approximate surface area is 210 Å². The van der Waals surface area contributed by atoms with Crippen molar-refractivity contribution in [3.8, 4) is 0 Å². The third kappa shape index (κ3) is 5.21. The third-order valence-corrected chi connectivity index (χ3v) is 7.88. The Morgan fingerprint density at radius 2 is 1.74 bits per heavy atom. The zero-order chi connectivity index (χ0) is 24.3. The van der Waals surface area contributed by atoms with Gasteiger partial charge in [0.1, 0.15) is 5.82 Å². The number of nitrogens with zero attached hydrogens (tertiary/aromatic N) is 4. The van der Waals surface area contributed by atoms with Crippen molar-refractivity contribution in [1.29, 1.82) is 0 Å². The summed E-state index contributed by atoms with van der Waals surface area (Å²) in [6.07, 6.45) is 2.42. The summed E-state index contributed by atoms with van der Waals surface area (Å²) < 4.78 is 1.14. The smallest absolute Gasteiger partial charge is 0.231 e. The average Bonchev–Trinajstić information content (AvgIpc) is 3.30. The van der Waals surface area contributed by atoms with E-state index in [4.69, 9.17) is 4.98 Å². The van der Waals surface area contributed by atoms with Crippen LogP contribution in [-0.2, 0) is 23.2 Å². The fourth-order valence-electron chi connectivity index (χ4n) is 4.54. The van der Waals surface area contributed by atoms with Crippen molar-refractivity contribution in [3.05, 3.63) is 89.1 Å². The van der Waals surface area contributed by atoms with Crippen LogP contribution in [-0.4, -0.2) is 54.0 Å².